The zero-order chi connectivity index (χ0) is 10.7. The van der Waals surface area contributed by atoms with Crippen molar-refractivity contribution in [1.29, 1.82) is 0 Å². The topological polar surface area (TPSA) is 29.1 Å². The van der Waals surface area contributed by atoms with E-state index in [2.05, 4.69) is 5.32 Å². The van der Waals surface area contributed by atoms with Crippen molar-refractivity contribution in [1.82, 2.24) is 5.32 Å². The Morgan fingerprint density at radius 2 is 2.00 bits per heavy atom. The number of benzene rings is 1. The summed E-state index contributed by atoms with van der Waals surface area (Å²) in [4.78, 5) is 12.2. The predicted octanol–water partition coefficient (Wildman–Crippen LogP) is 2.26. The summed E-state index contributed by atoms with van der Waals surface area (Å²) in [5.41, 5.74) is 0.852. The third-order valence-corrected chi connectivity index (χ3v) is 3.28. The molecule has 0 spiro atoms. The van der Waals surface area contributed by atoms with Crippen LogP contribution in [0.1, 0.15) is 29.6 Å². The highest BCUT2D eigenvalue weighted by Gasteiger charge is 2.31. The number of ketones is 1. The fourth-order valence-corrected chi connectivity index (χ4v) is 2.44. The van der Waals surface area contributed by atoms with Gasteiger partial charge in [0, 0.05) is 17.5 Å². The summed E-state index contributed by atoms with van der Waals surface area (Å²) in [6.45, 7) is 0. The predicted molar refractivity (Wildman–Crippen MR) is 61.0 cm³/mol. The molecule has 2 heteroatoms. The van der Waals surface area contributed by atoms with Gasteiger partial charge in [-0.1, -0.05) is 36.8 Å². The molecular formula is C13H17NO. The highest BCUT2D eigenvalue weighted by Crippen LogP contribution is 2.28. The molecule has 1 fully saturated rings. The van der Waals surface area contributed by atoms with Gasteiger partial charge in [-0.05, 0) is 19.9 Å². The molecule has 1 aliphatic rings. The van der Waals surface area contributed by atoms with Crippen LogP contribution < -0.4 is 5.32 Å². The summed E-state index contributed by atoms with van der Waals surface area (Å²) in [5.74, 6) is 0.477. The van der Waals surface area contributed by atoms with E-state index in [1.165, 1.54) is 0 Å². The summed E-state index contributed by atoms with van der Waals surface area (Å²) >= 11 is 0. The van der Waals surface area contributed by atoms with Gasteiger partial charge in [-0.2, -0.15) is 0 Å². The quantitative estimate of drug-likeness (QED) is 0.763. The Labute approximate surface area is 90.7 Å². The molecule has 2 atom stereocenters. The van der Waals surface area contributed by atoms with E-state index in [4.69, 9.17) is 0 Å². The lowest BCUT2D eigenvalue weighted by Crippen LogP contribution is -2.33. The van der Waals surface area contributed by atoms with E-state index in [9.17, 15) is 4.79 Å². The van der Waals surface area contributed by atoms with E-state index in [0.29, 0.717) is 11.8 Å². The zero-order valence-corrected chi connectivity index (χ0v) is 9.07. The van der Waals surface area contributed by atoms with Crippen LogP contribution in [-0.2, 0) is 0 Å². The molecular weight excluding hydrogens is 186 g/mol. The van der Waals surface area contributed by atoms with Gasteiger partial charge in [0.15, 0.2) is 5.78 Å². The molecule has 0 aliphatic heterocycles. The van der Waals surface area contributed by atoms with E-state index in [1.54, 1.807) is 0 Å². The molecule has 2 nitrogen and oxygen atoms in total. The van der Waals surface area contributed by atoms with Gasteiger partial charge in [0.25, 0.3) is 0 Å². The van der Waals surface area contributed by atoms with Crippen LogP contribution in [0.25, 0.3) is 0 Å². The van der Waals surface area contributed by atoms with Gasteiger partial charge in [0.05, 0.1) is 0 Å². The first-order valence-electron chi connectivity index (χ1n) is 5.59. The van der Waals surface area contributed by atoms with Crippen molar-refractivity contribution < 1.29 is 4.79 Å². The number of nitrogens with one attached hydrogen (secondary N) is 1. The van der Waals surface area contributed by atoms with Crippen LogP contribution in [0.5, 0.6) is 0 Å². The summed E-state index contributed by atoms with van der Waals surface area (Å²) in [7, 11) is 1.95. The van der Waals surface area contributed by atoms with Gasteiger partial charge >= 0.3 is 0 Å². The first-order valence-corrected chi connectivity index (χ1v) is 5.59. The fourth-order valence-electron chi connectivity index (χ4n) is 2.44. The van der Waals surface area contributed by atoms with Crippen LogP contribution in [0.2, 0.25) is 0 Å². The Morgan fingerprint density at radius 3 is 2.67 bits per heavy atom. The highest BCUT2D eigenvalue weighted by atomic mass is 16.1. The molecule has 2 rings (SSSR count). The van der Waals surface area contributed by atoms with Gasteiger partial charge in [0.1, 0.15) is 0 Å². The van der Waals surface area contributed by atoms with E-state index in [0.717, 1.165) is 24.8 Å². The number of Topliss-reactive ketones (excluding diaryl/α,β-unsaturated/α-hetero) is 1. The summed E-state index contributed by atoms with van der Waals surface area (Å²) in [5, 5.41) is 3.24. The van der Waals surface area contributed by atoms with Crippen molar-refractivity contribution in [2.24, 2.45) is 5.92 Å². The van der Waals surface area contributed by atoms with Crippen molar-refractivity contribution in [3.05, 3.63) is 35.9 Å². The zero-order valence-electron chi connectivity index (χ0n) is 9.07. The lowest BCUT2D eigenvalue weighted by Gasteiger charge is -2.17. The third-order valence-electron chi connectivity index (χ3n) is 3.28. The monoisotopic (exact) mass is 203 g/mol. The average molecular weight is 203 g/mol. The van der Waals surface area contributed by atoms with Crippen LogP contribution in [-0.4, -0.2) is 18.9 Å². The second-order valence-electron chi connectivity index (χ2n) is 4.16. The minimum Gasteiger partial charge on any atom is -0.316 e. The van der Waals surface area contributed by atoms with Crippen molar-refractivity contribution in [2.75, 3.05) is 7.05 Å². The SMILES string of the molecule is CNC1CCCC1C(=O)c1ccccc1. The first-order chi connectivity index (χ1) is 7.33. The van der Waals surface area contributed by atoms with Crippen LogP contribution in [0.15, 0.2) is 30.3 Å². The maximum absolute atomic E-state index is 12.2. The Morgan fingerprint density at radius 1 is 1.27 bits per heavy atom. The largest absolute Gasteiger partial charge is 0.316 e. The maximum Gasteiger partial charge on any atom is 0.167 e. The second-order valence-corrected chi connectivity index (χ2v) is 4.16. The Kier molecular flexibility index (Phi) is 3.17. The lowest BCUT2D eigenvalue weighted by molar-refractivity contribution is 0.0906. The Hall–Kier alpha value is -1.15. The lowest BCUT2D eigenvalue weighted by atomic mass is 9.93. The Bertz CT molecular complexity index is 334. The standard InChI is InChI=1S/C13H17NO/c1-14-12-9-5-8-11(12)13(15)10-6-3-2-4-7-10/h2-4,6-7,11-12,14H,5,8-9H2,1H3. The second kappa shape index (κ2) is 4.58. The third kappa shape index (κ3) is 2.10. The molecule has 0 saturated heterocycles. The first kappa shape index (κ1) is 10.4. The van der Waals surface area contributed by atoms with Gasteiger partial charge in [-0.15, -0.1) is 0 Å². The normalized spacial score (nSPS) is 25.4. The van der Waals surface area contributed by atoms with Gasteiger partial charge in [0.2, 0.25) is 0 Å². The molecule has 1 saturated carbocycles. The molecule has 0 heterocycles. The van der Waals surface area contributed by atoms with Crippen molar-refractivity contribution in [3.63, 3.8) is 0 Å². The van der Waals surface area contributed by atoms with Crippen LogP contribution in [0.4, 0.5) is 0 Å². The minimum absolute atomic E-state index is 0.178. The van der Waals surface area contributed by atoms with E-state index in [1.807, 2.05) is 37.4 Å². The van der Waals surface area contributed by atoms with Gasteiger partial charge in [-0.3, -0.25) is 4.79 Å². The van der Waals surface area contributed by atoms with Crippen LogP contribution in [0, 0.1) is 5.92 Å². The average Bonchev–Trinajstić information content (AvgIpc) is 2.77. The van der Waals surface area contributed by atoms with Crippen molar-refractivity contribution in [3.8, 4) is 0 Å². The van der Waals surface area contributed by atoms with Crippen LogP contribution >= 0.6 is 0 Å². The summed E-state index contributed by atoms with van der Waals surface area (Å²) < 4.78 is 0. The molecule has 1 N–H and O–H groups in total. The van der Waals surface area contributed by atoms with E-state index >= 15 is 0 Å². The minimum atomic E-state index is 0.178. The number of carbonyl (C=O) groups excluding carboxylic acids is 1. The molecule has 0 amide bonds. The molecule has 1 aliphatic carbocycles. The smallest absolute Gasteiger partial charge is 0.167 e. The molecule has 0 bridgehead atoms. The highest BCUT2D eigenvalue weighted by molar-refractivity contribution is 5.98. The molecule has 15 heavy (non-hydrogen) atoms. The maximum atomic E-state index is 12.2. The summed E-state index contributed by atoms with van der Waals surface area (Å²) in [6, 6.07) is 9.99. The van der Waals surface area contributed by atoms with Crippen molar-refractivity contribution in [2.45, 2.75) is 25.3 Å². The van der Waals surface area contributed by atoms with Gasteiger partial charge in [-0.25, -0.2) is 0 Å². The van der Waals surface area contributed by atoms with E-state index < -0.39 is 0 Å². The van der Waals surface area contributed by atoms with Crippen molar-refractivity contribution >= 4 is 5.78 Å². The van der Waals surface area contributed by atoms with Gasteiger partial charge < -0.3 is 5.32 Å². The molecule has 1 aromatic carbocycles. The number of carbonyl (C=O) groups is 1. The summed E-state index contributed by atoms with van der Waals surface area (Å²) in [6.07, 6.45) is 3.31. The molecule has 2 unspecified atom stereocenters. The molecule has 0 radical (unpaired) electrons. The number of hydrogen-bond acceptors (Lipinski definition) is 2. The number of rotatable bonds is 3. The molecule has 80 valence electrons. The number of hydrogen-bond donors (Lipinski definition) is 1. The molecule has 0 aromatic heterocycles. The fraction of sp³-hybridized carbons (Fsp3) is 0.462. The Balaban J connectivity index is 2.14. The van der Waals surface area contributed by atoms with E-state index in [-0.39, 0.29) is 5.92 Å². The van der Waals surface area contributed by atoms with Crippen LogP contribution in [0.3, 0.4) is 0 Å². The molecule has 1 aromatic rings.